The number of ether oxygens (including phenoxy) is 2. The summed E-state index contributed by atoms with van der Waals surface area (Å²) in [5.41, 5.74) is 5.66. The quantitative estimate of drug-likeness (QED) is 0.710. The molecule has 0 aromatic rings. The molecule has 1 aliphatic heterocycles. The molecular formula is C11H23NO3. The molecule has 0 amide bonds. The van der Waals surface area contributed by atoms with Gasteiger partial charge in [-0.1, -0.05) is 0 Å². The fourth-order valence-corrected chi connectivity index (χ4v) is 1.79. The molecule has 3 N–H and O–H groups in total. The van der Waals surface area contributed by atoms with Gasteiger partial charge in [0.15, 0.2) is 0 Å². The predicted octanol–water partition coefficient (Wildman–Crippen LogP) is 0.667. The second-order valence-electron chi connectivity index (χ2n) is 4.42. The molecule has 1 aliphatic rings. The van der Waals surface area contributed by atoms with Gasteiger partial charge < -0.3 is 20.3 Å². The van der Waals surface area contributed by atoms with Crippen LogP contribution in [0.4, 0.5) is 0 Å². The summed E-state index contributed by atoms with van der Waals surface area (Å²) in [5.74, 6) is 0. The number of aliphatic hydroxyl groups excluding tert-OH is 1. The van der Waals surface area contributed by atoms with Crippen LogP contribution in [0.25, 0.3) is 0 Å². The Morgan fingerprint density at radius 3 is 2.53 bits per heavy atom. The number of rotatable bonds is 5. The first-order valence-electron chi connectivity index (χ1n) is 5.73. The maximum Gasteiger partial charge on any atom is 0.0963 e. The van der Waals surface area contributed by atoms with Crippen LogP contribution in [0, 0.1) is 0 Å². The van der Waals surface area contributed by atoms with E-state index in [2.05, 4.69) is 6.92 Å². The van der Waals surface area contributed by atoms with Crippen LogP contribution in [0.3, 0.4) is 0 Å². The van der Waals surface area contributed by atoms with Crippen molar-refractivity contribution >= 4 is 0 Å². The molecule has 0 aromatic carbocycles. The summed E-state index contributed by atoms with van der Waals surface area (Å²) >= 11 is 0. The first-order chi connectivity index (χ1) is 7.04. The average Bonchev–Trinajstić information content (AvgIpc) is 2.60. The van der Waals surface area contributed by atoms with E-state index in [-0.39, 0.29) is 18.3 Å². The van der Waals surface area contributed by atoms with Crippen molar-refractivity contribution in [1.29, 1.82) is 0 Å². The summed E-state index contributed by atoms with van der Waals surface area (Å²) in [6.07, 6.45) is 1.68. The fraction of sp³-hybridized carbons (Fsp3) is 1.00. The first kappa shape index (κ1) is 12.9. The standard InChI is InChI=1S/C11H23NO3/c1-7-4-5-10(14-7)11(6-12)15-9(3)8(2)13/h7-11,13H,4-6,12H2,1-3H3. The Kier molecular flexibility index (Phi) is 4.99. The van der Waals surface area contributed by atoms with Crippen LogP contribution in [-0.4, -0.2) is 42.2 Å². The van der Waals surface area contributed by atoms with Crippen molar-refractivity contribution in [2.45, 2.75) is 64.1 Å². The highest BCUT2D eigenvalue weighted by atomic mass is 16.6. The van der Waals surface area contributed by atoms with Crippen molar-refractivity contribution in [3.63, 3.8) is 0 Å². The third kappa shape index (κ3) is 3.72. The zero-order valence-electron chi connectivity index (χ0n) is 9.85. The number of aliphatic hydroxyl groups is 1. The molecule has 5 unspecified atom stereocenters. The van der Waals surface area contributed by atoms with E-state index in [9.17, 15) is 5.11 Å². The summed E-state index contributed by atoms with van der Waals surface area (Å²) in [7, 11) is 0. The molecule has 0 aliphatic carbocycles. The highest BCUT2D eigenvalue weighted by Gasteiger charge is 2.31. The van der Waals surface area contributed by atoms with Crippen molar-refractivity contribution in [2.75, 3.05) is 6.54 Å². The van der Waals surface area contributed by atoms with Crippen LogP contribution >= 0.6 is 0 Å². The Morgan fingerprint density at radius 1 is 1.47 bits per heavy atom. The summed E-state index contributed by atoms with van der Waals surface area (Å²) in [5, 5.41) is 9.35. The van der Waals surface area contributed by atoms with Crippen molar-refractivity contribution in [3.8, 4) is 0 Å². The van der Waals surface area contributed by atoms with E-state index in [4.69, 9.17) is 15.2 Å². The van der Waals surface area contributed by atoms with E-state index in [1.165, 1.54) is 0 Å². The molecule has 1 saturated heterocycles. The molecule has 5 atom stereocenters. The zero-order chi connectivity index (χ0) is 11.4. The third-order valence-electron chi connectivity index (χ3n) is 2.98. The minimum Gasteiger partial charge on any atom is -0.391 e. The third-order valence-corrected chi connectivity index (χ3v) is 2.98. The molecule has 4 nitrogen and oxygen atoms in total. The molecule has 4 heteroatoms. The van der Waals surface area contributed by atoms with Gasteiger partial charge in [0.2, 0.25) is 0 Å². The summed E-state index contributed by atoms with van der Waals surface area (Å²) in [4.78, 5) is 0. The van der Waals surface area contributed by atoms with Crippen LogP contribution in [0.2, 0.25) is 0 Å². The lowest BCUT2D eigenvalue weighted by Gasteiger charge is -2.27. The fourth-order valence-electron chi connectivity index (χ4n) is 1.79. The van der Waals surface area contributed by atoms with Crippen LogP contribution in [0.5, 0.6) is 0 Å². The normalized spacial score (nSPS) is 32.6. The molecule has 0 spiro atoms. The molecule has 15 heavy (non-hydrogen) atoms. The molecule has 0 bridgehead atoms. The molecule has 1 fully saturated rings. The monoisotopic (exact) mass is 217 g/mol. The van der Waals surface area contributed by atoms with Gasteiger partial charge in [0.25, 0.3) is 0 Å². The van der Waals surface area contributed by atoms with Gasteiger partial charge >= 0.3 is 0 Å². The van der Waals surface area contributed by atoms with Gasteiger partial charge in [0, 0.05) is 6.54 Å². The molecule has 0 aromatic heterocycles. The zero-order valence-corrected chi connectivity index (χ0v) is 9.85. The Morgan fingerprint density at radius 2 is 2.13 bits per heavy atom. The maximum absolute atomic E-state index is 9.35. The van der Waals surface area contributed by atoms with Crippen molar-refractivity contribution < 1.29 is 14.6 Å². The predicted molar refractivity (Wildman–Crippen MR) is 58.6 cm³/mol. The number of hydrogen-bond acceptors (Lipinski definition) is 4. The molecule has 90 valence electrons. The van der Waals surface area contributed by atoms with E-state index in [0.29, 0.717) is 12.6 Å². The highest BCUT2D eigenvalue weighted by molar-refractivity contribution is 4.80. The van der Waals surface area contributed by atoms with Crippen LogP contribution in [0.1, 0.15) is 33.6 Å². The van der Waals surface area contributed by atoms with Gasteiger partial charge in [-0.15, -0.1) is 0 Å². The minimum atomic E-state index is -0.474. The second-order valence-corrected chi connectivity index (χ2v) is 4.42. The van der Waals surface area contributed by atoms with E-state index in [1.807, 2.05) is 6.92 Å². The van der Waals surface area contributed by atoms with E-state index < -0.39 is 6.10 Å². The number of hydrogen-bond donors (Lipinski definition) is 2. The SMILES string of the molecule is CC1CCC(C(CN)OC(C)C(C)O)O1. The minimum absolute atomic E-state index is 0.0891. The molecule has 1 heterocycles. The Labute approximate surface area is 91.7 Å². The van der Waals surface area contributed by atoms with Crippen LogP contribution in [-0.2, 0) is 9.47 Å². The molecule has 0 saturated carbocycles. The lowest BCUT2D eigenvalue weighted by molar-refractivity contribution is -0.113. The lowest BCUT2D eigenvalue weighted by atomic mass is 10.1. The van der Waals surface area contributed by atoms with Crippen molar-refractivity contribution in [3.05, 3.63) is 0 Å². The second kappa shape index (κ2) is 5.80. The topological polar surface area (TPSA) is 64.7 Å². The maximum atomic E-state index is 9.35. The van der Waals surface area contributed by atoms with Crippen molar-refractivity contribution in [2.24, 2.45) is 5.73 Å². The smallest absolute Gasteiger partial charge is 0.0963 e. The van der Waals surface area contributed by atoms with Gasteiger partial charge in [-0.2, -0.15) is 0 Å². The molecular weight excluding hydrogens is 194 g/mol. The van der Waals surface area contributed by atoms with Gasteiger partial charge in [-0.3, -0.25) is 0 Å². The van der Waals surface area contributed by atoms with E-state index in [0.717, 1.165) is 12.8 Å². The number of nitrogens with two attached hydrogens (primary N) is 1. The Bertz CT molecular complexity index is 187. The van der Waals surface area contributed by atoms with Gasteiger partial charge in [-0.05, 0) is 33.6 Å². The van der Waals surface area contributed by atoms with Gasteiger partial charge in [0.05, 0.1) is 30.5 Å². The first-order valence-corrected chi connectivity index (χ1v) is 5.73. The Hall–Kier alpha value is -0.160. The Balaban J connectivity index is 2.41. The lowest BCUT2D eigenvalue weighted by Crippen LogP contribution is -2.40. The largest absolute Gasteiger partial charge is 0.391 e. The summed E-state index contributed by atoms with van der Waals surface area (Å²) in [6.45, 7) is 6.07. The van der Waals surface area contributed by atoms with Gasteiger partial charge in [-0.25, -0.2) is 0 Å². The average molecular weight is 217 g/mol. The van der Waals surface area contributed by atoms with E-state index >= 15 is 0 Å². The van der Waals surface area contributed by atoms with Crippen molar-refractivity contribution in [1.82, 2.24) is 0 Å². The summed E-state index contributed by atoms with van der Waals surface area (Å²) < 4.78 is 11.4. The highest BCUT2D eigenvalue weighted by Crippen LogP contribution is 2.23. The molecule has 1 rings (SSSR count). The summed E-state index contributed by atoms with van der Waals surface area (Å²) in [6, 6.07) is 0. The van der Waals surface area contributed by atoms with E-state index in [1.54, 1.807) is 6.92 Å². The molecule has 0 radical (unpaired) electrons. The van der Waals surface area contributed by atoms with Crippen LogP contribution in [0.15, 0.2) is 0 Å². The van der Waals surface area contributed by atoms with Crippen LogP contribution < -0.4 is 5.73 Å². The van der Waals surface area contributed by atoms with Gasteiger partial charge in [0.1, 0.15) is 0 Å².